The number of carbonyl (C=O) groups is 2. The Bertz CT molecular complexity index is 1700. The Labute approximate surface area is 221 Å². The van der Waals surface area contributed by atoms with E-state index in [4.69, 9.17) is 4.74 Å². The Hall–Kier alpha value is -5.19. The van der Waals surface area contributed by atoms with Crippen molar-refractivity contribution in [3.63, 3.8) is 0 Å². The standard InChI is InChI=1S/C28H22FN7O3/c1-16-21(14-33-36-16)23-12-24-22(13-30-23)25(32-15-31-24)39-20-8-6-19(7-9-20)35-27(38)28(10-11-28)26(37)34-18-4-2-17(29)3-5-18/h2-9,12-15H,10-11H2,1H3,(H,33,36)(H,34,37)(H,35,38). The summed E-state index contributed by atoms with van der Waals surface area (Å²) in [6.07, 6.45) is 5.66. The van der Waals surface area contributed by atoms with Crippen LogP contribution in [0.1, 0.15) is 18.5 Å². The maximum absolute atomic E-state index is 13.1. The van der Waals surface area contributed by atoms with E-state index in [1.165, 1.54) is 30.6 Å². The van der Waals surface area contributed by atoms with Crippen molar-refractivity contribution in [3.05, 3.63) is 84.8 Å². The second-order valence-electron chi connectivity index (χ2n) is 9.30. The fourth-order valence-electron chi connectivity index (χ4n) is 4.20. The van der Waals surface area contributed by atoms with E-state index < -0.39 is 23.0 Å². The summed E-state index contributed by atoms with van der Waals surface area (Å²) in [4.78, 5) is 38.8. The summed E-state index contributed by atoms with van der Waals surface area (Å²) < 4.78 is 19.1. The highest BCUT2D eigenvalue weighted by atomic mass is 19.1. The van der Waals surface area contributed by atoms with Crippen LogP contribution in [0.4, 0.5) is 15.8 Å². The number of benzene rings is 2. The summed E-state index contributed by atoms with van der Waals surface area (Å²) in [5.41, 5.74) is 2.99. The van der Waals surface area contributed by atoms with Crippen LogP contribution in [0.3, 0.4) is 0 Å². The topological polar surface area (TPSA) is 135 Å². The number of rotatable bonds is 7. The number of fused-ring (bicyclic) bond motifs is 1. The van der Waals surface area contributed by atoms with E-state index in [1.54, 1.807) is 36.7 Å². The van der Waals surface area contributed by atoms with E-state index in [9.17, 15) is 14.0 Å². The predicted octanol–water partition coefficient (Wildman–Crippen LogP) is 5.01. The molecule has 39 heavy (non-hydrogen) atoms. The Balaban J connectivity index is 1.13. The highest BCUT2D eigenvalue weighted by Gasteiger charge is 2.56. The van der Waals surface area contributed by atoms with Gasteiger partial charge in [0.1, 0.15) is 23.3 Å². The fraction of sp³-hybridized carbons (Fsp3) is 0.143. The molecule has 0 spiro atoms. The van der Waals surface area contributed by atoms with E-state index in [-0.39, 0.29) is 0 Å². The molecule has 1 aliphatic carbocycles. The summed E-state index contributed by atoms with van der Waals surface area (Å²) in [7, 11) is 0. The quantitative estimate of drug-likeness (QED) is 0.255. The molecule has 0 aliphatic heterocycles. The minimum absolute atomic E-state index is 0.342. The number of aromatic nitrogens is 5. The number of hydrogen-bond acceptors (Lipinski definition) is 7. The SMILES string of the molecule is Cc1[nH]ncc1-c1cc2ncnc(Oc3ccc(NC(=O)C4(C(=O)Nc5ccc(F)cc5)CC4)cc3)c2cn1. The first-order chi connectivity index (χ1) is 18.9. The van der Waals surface area contributed by atoms with E-state index in [0.717, 1.165) is 17.0 Å². The third-order valence-electron chi connectivity index (χ3n) is 6.64. The number of aromatic amines is 1. The number of amides is 2. The second-order valence-corrected chi connectivity index (χ2v) is 9.30. The zero-order valence-corrected chi connectivity index (χ0v) is 20.7. The third kappa shape index (κ3) is 4.77. The molecule has 0 bridgehead atoms. The van der Waals surface area contributed by atoms with Gasteiger partial charge in [-0.15, -0.1) is 0 Å². The number of nitrogens with zero attached hydrogens (tertiary/aromatic N) is 4. The van der Waals surface area contributed by atoms with Gasteiger partial charge in [0.25, 0.3) is 0 Å². The predicted molar refractivity (Wildman–Crippen MR) is 141 cm³/mol. The molecule has 3 heterocycles. The van der Waals surface area contributed by atoms with Crippen molar-refractivity contribution in [1.29, 1.82) is 0 Å². The van der Waals surface area contributed by atoms with Gasteiger partial charge in [0.2, 0.25) is 17.7 Å². The molecule has 2 amide bonds. The number of aryl methyl sites for hydroxylation is 1. The molecular weight excluding hydrogens is 501 g/mol. The summed E-state index contributed by atoms with van der Waals surface area (Å²) in [6, 6.07) is 14.0. The average Bonchev–Trinajstić information content (AvgIpc) is 3.66. The van der Waals surface area contributed by atoms with Gasteiger partial charge in [-0.3, -0.25) is 19.7 Å². The zero-order chi connectivity index (χ0) is 27.0. The lowest BCUT2D eigenvalue weighted by atomic mass is 10.0. The fourth-order valence-corrected chi connectivity index (χ4v) is 4.20. The number of anilines is 2. The number of hydrogen-bond donors (Lipinski definition) is 3. The highest BCUT2D eigenvalue weighted by Crippen LogP contribution is 2.47. The Morgan fingerprint density at radius 1 is 0.923 bits per heavy atom. The zero-order valence-electron chi connectivity index (χ0n) is 20.7. The molecule has 0 radical (unpaired) electrons. The van der Waals surface area contributed by atoms with Gasteiger partial charge in [-0.1, -0.05) is 0 Å². The molecule has 1 fully saturated rings. The molecule has 2 aromatic carbocycles. The van der Waals surface area contributed by atoms with Gasteiger partial charge >= 0.3 is 0 Å². The van der Waals surface area contributed by atoms with Crippen LogP contribution in [0.15, 0.2) is 73.3 Å². The van der Waals surface area contributed by atoms with Crippen LogP contribution >= 0.6 is 0 Å². The van der Waals surface area contributed by atoms with Crippen LogP contribution < -0.4 is 15.4 Å². The van der Waals surface area contributed by atoms with Crippen molar-refractivity contribution in [1.82, 2.24) is 25.1 Å². The molecule has 194 valence electrons. The molecule has 3 N–H and O–H groups in total. The van der Waals surface area contributed by atoms with Crippen LogP contribution in [-0.2, 0) is 9.59 Å². The van der Waals surface area contributed by atoms with Gasteiger partial charge in [-0.05, 0) is 74.4 Å². The van der Waals surface area contributed by atoms with Crippen molar-refractivity contribution in [2.45, 2.75) is 19.8 Å². The van der Waals surface area contributed by atoms with E-state index in [2.05, 4.69) is 35.8 Å². The average molecular weight is 524 g/mol. The van der Waals surface area contributed by atoms with Crippen molar-refractivity contribution < 1.29 is 18.7 Å². The van der Waals surface area contributed by atoms with E-state index >= 15 is 0 Å². The monoisotopic (exact) mass is 523 g/mol. The smallest absolute Gasteiger partial charge is 0.240 e. The van der Waals surface area contributed by atoms with Crippen LogP contribution in [0.2, 0.25) is 0 Å². The second kappa shape index (κ2) is 9.60. The van der Waals surface area contributed by atoms with Gasteiger partial charge < -0.3 is 15.4 Å². The lowest BCUT2D eigenvalue weighted by molar-refractivity contribution is -0.131. The first-order valence-corrected chi connectivity index (χ1v) is 12.2. The van der Waals surface area contributed by atoms with Gasteiger partial charge in [-0.2, -0.15) is 5.10 Å². The molecule has 1 aliphatic rings. The maximum atomic E-state index is 13.1. The van der Waals surface area contributed by atoms with Gasteiger partial charge in [-0.25, -0.2) is 14.4 Å². The normalized spacial score (nSPS) is 13.6. The number of nitrogens with one attached hydrogen (secondary N) is 3. The summed E-state index contributed by atoms with van der Waals surface area (Å²) in [6.45, 7) is 1.92. The molecule has 5 aromatic rings. The number of carbonyl (C=O) groups excluding carboxylic acids is 2. The Morgan fingerprint density at radius 2 is 1.59 bits per heavy atom. The maximum Gasteiger partial charge on any atom is 0.240 e. The highest BCUT2D eigenvalue weighted by molar-refractivity contribution is 6.16. The summed E-state index contributed by atoms with van der Waals surface area (Å²) in [5, 5.41) is 13.1. The molecule has 0 atom stereocenters. The molecular formula is C28H22FN7O3. The van der Waals surface area contributed by atoms with Gasteiger partial charge in [0.15, 0.2) is 0 Å². The minimum Gasteiger partial charge on any atom is -0.438 e. The Morgan fingerprint density at radius 3 is 2.21 bits per heavy atom. The van der Waals surface area contributed by atoms with Crippen molar-refractivity contribution in [2.24, 2.45) is 5.41 Å². The van der Waals surface area contributed by atoms with Crippen LogP contribution in [-0.4, -0.2) is 37.0 Å². The van der Waals surface area contributed by atoms with Gasteiger partial charge in [0, 0.05) is 28.8 Å². The molecule has 3 aromatic heterocycles. The van der Waals surface area contributed by atoms with Crippen LogP contribution in [0.5, 0.6) is 11.6 Å². The van der Waals surface area contributed by atoms with Crippen LogP contribution in [0, 0.1) is 18.2 Å². The lowest BCUT2D eigenvalue weighted by Gasteiger charge is -2.16. The number of halogens is 1. The van der Waals surface area contributed by atoms with E-state index in [0.29, 0.717) is 46.7 Å². The molecule has 10 nitrogen and oxygen atoms in total. The first-order valence-electron chi connectivity index (χ1n) is 12.2. The molecule has 0 unspecified atom stereocenters. The molecule has 11 heteroatoms. The van der Waals surface area contributed by atoms with Crippen molar-refractivity contribution in [2.75, 3.05) is 10.6 Å². The molecule has 0 saturated heterocycles. The number of pyridine rings is 1. The van der Waals surface area contributed by atoms with E-state index in [1.807, 2.05) is 13.0 Å². The van der Waals surface area contributed by atoms with Gasteiger partial charge in [0.05, 0.1) is 22.8 Å². The first kappa shape index (κ1) is 24.2. The number of ether oxygens (including phenoxy) is 1. The molecule has 1 saturated carbocycles. The number of H-pyrrole nitrogens is 1. The summed E-state index contributed by atoms with van der Waals surface area (Å²) in [5.74, 6) is -0.375. The summed E-state index contributed by atoms with van der Waals surface area (Å²) >= 11 is 0. The Kier molecular flexibility index (Phi) is 5.95. The molecule has 6 rings (SSSR count). The van der Waals surface area contributed by atoms with Crippen molar-refractivity contribution >= 4 is 34.1 Å². The third-order valence-corrected chi connectivity index (χ3v) is 6.64. The minimum atomic E-state index is -1.15. The lowest BCUT2D eigenvalue weighted by Crippen LogP contribution is -2.35. The van der Waals surface area contributed by atoms with Crippen LogP contribution in [0.25, 0.3) is 22.2 Å². The largest absolute Gasteiger partial charge is 0.438 e. The van der Waals surface area contributed by atoms with Crippen molar-refractivity contribution in [3.8, 4) is 22.9 Å².